The summed E-state index contributed by atoms with van der Waals surface area (Å²) in [5, 5.41) is 6.05. The van der Waals surface area contributed by atoms with Gasteiger partial charge in [-0.3, -0.25) is 9.78 Å². The fourth-order valence-electron chi connectivity index (χ4n) is 2.00. The molecule has 0 fully saturated rings. The van der Waals surface area contributed by atoms with Crippen LogP contribution in [0.5, 0.6) is 0 Å². The number of hydrogen-bond acceptors (Lipinski definition) is 3. The summed E-state index contributed by atoms with van der Waals surface area (Å²) < 4.78 is 12.8. The van der Waals surface area contributed by atoms with Crippen molar-refractivity contribution in [2.24, 2.45) is 0 Å². The van der Waals surface area contributed by atoms with Crippen LogP contribution in [0.15, 0.2) is 42.6 Å². The number of hydrogen-bond donors (Lipinski definition) is 2. The molecule has 0 aliphatic rings. The third-order valence-corrected chi connectivity index (χ3v) is 3.07. The van der Waals surface area contributed by atoms with Crippen molar-refractivity contribution in [2.75, 3.05) is 11.9 Å². The van der Waals surface area contributed by atoms with E-state index in [0.29, 0.717) is 12.2 Å². The normalized spacial score (nSPS) is 10.5. The van der Waals surface area contributed by atoms with E-state index in [1.54, 1.807) is 24.4 Å². The highest BCUT2D eigenvalue weighted by Gasteiger charge is 2.08. The number of halogens is 1. The van der Waals surface area contributed by atoms with E-state index in [4.69, 9.17) is 0 Å². The van der Waals surface area contributed by atoms with Gasteiger partial charge in [-0.15, -0.1) is 0 Å². The summed E-state index contributed by atoms with van der Waals surface area (Å²) >= 11 is 0. The maximum atomic E-state index is 12.8. The molecule has 5 heteroatoms. The van der Waals surface area contributed by atoms with E-state index in [2.05, 4.69) is 15.6 Å². The molecule has 2 rings (SSSR count). The zero-order valence-corrected chi connectivity index (χ0v) is 12.8. The summed E-state index contributed by atoms with van der Waals surface area (Å²) in [6.07, 6.45) is 2.38. The Morgan fingerprint density at radius 2 is 1.95 bits per heavy atom. The van der Waals surface area contributed by atoms with E-state index >= 15 is 0 Å². The van der Waals surface area contributed by atoms with Gasteiger partial charge >= 0.3 is 0 Å². The predicted molar refractivity (Wildman–Crippen MR) is 85.4 cm³/mol. The molecular weight excluding hydrogens is 281 g/mol. The third-order valence-electron chi connectivity index (χ3n) is 3.07. The van der Waals surface area contributed by atoms with Gasteiger partial charge in [0.15, 0.2) is 0 Å². The fraction of sp³-hybridized carbons (Fsp3) is 0.294. The lowest BCUT2D eigenvalue weighted by Crippen LogP contribution is -2.30. The topological polar surface area (TPSA) is 54.0 Å². The number of carbonyl (C=O) groups excluding carboxylic acids is 1. The van der Waals surface area contributed by atoms with Crippen LogP contribution in [0.3, 0.4) is 0 Å². The first-order valence-corrected chi connectivity index (χ1v) is 7.30. The monoisotopic (exact) mass is 301 g/mol. The molecule has 0 spiro atoms. The van der Waals surface area contributed by atoms with Crippen molar-refractivity contribution >= 4 is 11.6 Å². The minimum atomic E-state index is -0.230. The summed E-state index contributed by atoms with van der Waals surface area (Å²) in [6.45, 7) is 4.51. The highest BCUT2D eigenvalue weighted by Crippen LogP contribution is 2.09. The SMILES string of the molecule is CC(C)NC(=O)c1cc(NCCc2ccc(F)cc2)ccn1. The Bertz CT molecular complexity index is 626. The Balaban J connectivity index is 1.90. The van der Waals surface area contributed by atoms with Crippen LogP contribution < -0.4 is 10.6 Å². The van der Waals surface area contributed by atoms with Gasteiger partial charge in [0.1, 0.15) is 11.5 Å². The van der Waals surface area contributed by atoms with Gasteiger partial charge in [0.25, 0.3) is 5.91 Å². The lowest BCUT2D eigenvalue weighted by molar-refractivity contribution is 0.0938. The van der Waals surface area contributed by atoms with E-state index in [-0.39, 0.29) is 17.8 Å². The molecule has 2 N–H and O–H groups in total. The second kappa shape index (κ2) is 7.54. The Morgan fingerprint density at radius 3 is 2.64 bits per heavy atom. The molecule has 0 aliphatic carbocycles. The van der Waals surface area contributed by atoms with Gasteiger partial charge < -0.3 is 10.6 Å². The average molecular weight is 301 g/mol. The molecule has 2 aromatic rings. The number of anilines is 1. The van der Waals surface area contributed by atoms with E-state index in [0.717, 1.165) is 17.7 Å². The molecule has 0 radical (unpaired) electrons. The molecule has 1 amide bonds. The van der Waals surface area contributed by atoms with Crippen LogP contribution in [-0.4, -0.2) is 23.5 Å². The van der Waals surface area contributed by atoms with Crippen molar-refractivity contribution in [3.63, 3.8) is 0 Å². The van der Waals surface area contributed by atoms with E-state index in [9.17, 15) is 9.18 Å². The van der Waals surface area contributed by atoms with Crippen molar-refractivity contribution in [1.29, 1.82) is 0 Å². The van der Waals surface area contributed by atoms with Gasteiger partial charge in [0, 0.05) is 24.5 Å². The maximum Gasteiger partial charge on any atom is 0.270 e. The molecule has 1 aromatic carbocycles. The summed E-state index contributed by atoms with van der Waals surface area (Å²) in [7, 11) is 0. The first kappa shape index (κ1) is 15.9. The summed E-state index contributed by atoms with van der Waals surface area (Å²) in [5.74, 6) is -0.413. The van der Waals surface area contributed by atoms with E-state index in [1.807, 2.05) is 19.9 Å². The zero-order valence-electron chi connectivity index (χ0n) is 12.8. The van der Waals surface area contributed by atoms with Crippen LogP contribution in [0.25, 0.3) is 0 Å². The number of aromatic nitrogens is 1. The molecule has 4 nitrogen and oxygen atoms in total. The number of nitrogens with one attached hydrogen (secondary N) is 2. The Hall–Kier alpha value is -2.43. The van der Waals surface area contributed by atoms with Gasteiger partial charge in [0.05, 0.1) is 0 Å². The molecule has 0 bridgehead atoms. The second-order valence-corrected chi connectivity index (χ2v) is 5.36. The highest BCUT2D eigenvalue weighted by atomic mass is 19.1. The molecule has 0 saturated heterocycles. The van der Waals surface area contributed by atoms with Crippen molar-refractivity contribution in [1.82, 2.24) is 10.3 Å². The number of pyridine rings is 1. The first-order valence-electron chi connectivity index (χ1n) is 7.30. The van der Waals surface area contributed by atoms with Crippen molar-refractivity contribution in [3.8, 4) is 0 Å². The smallest absolute Gasteiger partial charge is 0.270 e. The van der Waals surface area contributed by atoms with Crippen LogP contribution in [0.4, 0.5) is 10.1 Å². The van der Waals surface area contributed by atoms with Gasteiger partial charge in [-0.2, -0.15) is 0 Å². The van der Waals surface area contributed by atoms with Gasteiger partial charge in [-0.1, -0.05) is 12.1 Å². The van der Waals surface area contributed by atoms with Crippen LogP contribution in [-0.2, 0) is 6.42 Å². The standard InChI is InChI=1S/C17H20FN3O/c1-12(2)21-17(22)16-11-15(8-10-20-16)19-9-7-13-3-5-14(18)6-4-13/h3-6,8,10-12H,7,9H2,1-2H3,(H,19,20)(H,21,22). The van der Waals surface area contributed by atoms with E-state index < -0.39 is 0 Å². The molecule has 0 aliphatic heterocycles. The quantitative estimate of drug-likeness (QED) is 0.862. The number of rotatable bonds is 6. The number of benzene rings is 1. The second-order valence-electron chi connectivity index (χ2n) is 5.36. The average Bonchev–Trinajstić information content (AvgIpc) is 2.49. The first-order chi connectivity index (χ1) is 10.5. The molecule has 0 saturated carbocycles. The molecule has 0 atom stereocenters. The zero-order chi connectivity index (χ0) is 15.9. The van der Waals surface area contributed by atoms with Gasteiger partial charge in [-0.05, 0) is 50.1 Å². The Kier molecular flexibility index (Phi) is 5.47. The van der Waals surface area contributed by atoms with Crippen molar-refractivity contribution in [2.45, 2.75) is 26.3 Å². The largest absolute Gasteiger partial charge is 0.385 e. The summed E-state index contributed by atoms with van der Waals surface area (Å²) in [4.78, 5) is 16.0. The number of nitrogens with zero attached hydrogens (tertiary/aromatic N) is 1. The molecule has 1 heterocycles. The summed E-state index contributed by atoms with van der Waals surface area (Å²) in [6, 6.07) is 10.1. The van der Waals surface area contributed by atoms with E-state index in [1.165, 1.54) is 12.1 Å². The Morgan fingerprint density at radius 1 is 1.23 bits per heavy atom. The fourth-order valence-corrected chi connectivity index (χ4v) is 2.00. The lowest BCUT2D eigenvalue weighted by Gasteiger charge is -2.10. The Labute approximate surface area is 129 Å². The predicted octanol–water partition coefficient (Wildman–Crippen LogP) is 3.01. The van der Waals surface area contributed by atoms with Crippen molar-refractivity contribution < 1.29 is 9.18 Å². The minimum Gasteiger partial charge on any atom is -0.385 e. The number of amides is 1. The van der Waals surface area contributed by atoms with Crippen LogP contribution >= 0.6 is 0 Å². The van der Waals surface area contributed by atoms with Crippen molar-refractivity contribution in [3.05, 3.63) is 59.7 Å². The molecule has 1 aromatic heterocycles. The minimum absolute atomic E-state index is 0.0735. The lowest BCUT2D eigenvalue weighted by atomic mass is 10.1. The molecule has 0 unspecified atom stereocenters. The molecular formula is C17H20FN3O. The highest BCUT2D eigenvalue weighted by molar-refractivity contribution is 5.93. The van der Waals surface area contributed by atoms with Gasteiger partial charge in [-0.25, -0.2) is 4.39 Å². The molecule has 116 valence electrons. The third kappa shape index (κ3) is 4.84. The van der Waals surface area contributed by atoms with Gasteiger partial charge in [0.2, 0.25) is 0 Å². The van der Waals surface area contributed by atoms with Crippen LogP contribution in [0.1, 0.15) is 29.9 Å². The number of carbonyl (C=O) groups is 1. The van der Waals surface area contributed by atoms with Crippen LogP contribution in [0.2, 0.25) is 0 Å². The maximum absolute atomic E-state index is 12.8. The summed E-state index contributed by atoms with van der Waals surface area (Å²) in [5.41, 5.74) is 2.28. The molecule has 22 heavy (non-hydrogen) atoms. The van der Waals surface area contributed by atoms with Crippen LogP contribution in [0, 0.1) is 5.82 Å².